The molecule has 1 aromatic carbocycles. The highest BCUT2D eigenvalue weighted by Crippen LogP contribution is 2.32. The number of aromatic nitrogens is 4. The number of hydrogen-bond donors (Lipinski definition) is 2. The van der Waals surface area contributed by atoms with Crippen LogP contribution in [0.3, 0.4) is 0 Å². The minimum Gasteiger partial charge on any atom is -0.387 e. The number of imidazole rings is 1. The molecule has 0 amide bonds. The Kier molecular flexibility index (Phi) is 5.23. The van der Waals surface area contributed by atoms with Crippen LogP contribution in [0.15, 0.2) is 43.0 Å². The molecule has 1 aliphatic rings. The first-order chi connectivity index (χ1) is 13.6. The van der Waals surface area contributed by atoms with Gasteiger partial charge in [-0.1, -0.05) is 30.3 Å². The Morgan fingerprint density at radius 1 is 1.11 bits per heavy atom. The van der Waals surface area contributed by atoms with Crippen LogP contribution in [0.1, 0.15) is 11.8 Å². The predicted octanol–water partition coefficient (Wildman–Crippen LogP) is 0.728. The monoisotopic (exact) mass is 385 g/mol. The maximum absolute atomic E-state index is 10.5. The number of nitrogens with zero attached hydrogens (tertiary/aromatic N) is 5. The molecular weight excluding hydrogens is 362 g/mol. The van der Waals surface area contributed by atoms with Crippen molar-refractivity contribution in [1.29, 1.82) is 0 Å². The van der Waals surface area contributed by atoms with E-state index in [4.69, 9.17) is 9.47 Å². The van der Waals surface area contributed by atoms with Gasteiger partial charge in [0.25, 0.3) is 0 Å². The number of anilines is 1. The smallest absolute Gasteiger partial charge is 0.167 e. The van der Waals surface area contributed by atoms with Gasteiger partial charge < -0.3 is 24.6 Å². The Hall–Kier alpha value is -2.59. The lowest BCUT2D eigenvalue weighted by Crippen LogP contribution is -2.33. The van der Waals surface area contributed by atoms with Crippen LogP contribution in [0, 0.1) is 0 Å². The van der Waals surface area contributed by atoms with Crippen molar-refractivity contribution in [3.8, 4) is 0 Å². The summed E-state index contributed by atoms with van der Waals surface area (Å²) in [5.41, 5.74) is 2.16. The van der Waals surface area contributed by atoms with Gasteiger partial charge in [-0.3, -0.25) is 4.57 Å². The van der Waals surface area contributed by atoms with Crippen LogP contribution in [-0.4, -0.2) is 68.7 Å². The summed E-state index contributed by atoms with van der Waals surface area (Å²) in [4.78, 5) is 14.7. The van der Waals surface area contributed by atoms with E-state index in [1.807, 2.05) is 49.3 Å². The first-order valence-electron chi connectivity index (χ1n) is 9.04. The van der Waals surface area contributed by atoms with E-state index in [9.17, 15) is 10.2 Å². The molecule has 0 radical (unpaired) electrons. The molecule has 0 spiro atoms. The van der Waals surface area contributed by atoms with E-state index in [0.29, 0.717) is 23.6 Å². The van der Waals surface area contributed by atoms with E-state index >= 15 is 0 Å². The third-order valence-corrected chi connectivity index (χ3v) is 4.77. The molecule has 0 bridgehead atoms. The zero-order chi connectivity index (χ0) is 19.7. The number of fused-ring (bicyclic) bond motifs is 1. The van der Waals surface area contributed by atoms with Crippen LogP contribution >= 0.6 is 0 Å². The van der Waals surface area contributed by atoms with Gasteiger partial charge in [0.05, 0.1) is 19.5 Å². The average molecular weight is 385 g/mol. The molecule has 9 heteroatoms. The van der Waals surface area contributed by atoms with Crippen molar-refractivity contribution in [1.82, 2.24) is 19.5 Å². The Morgan fingerprint density at radius 2 is 1.89 bits per heavy atom. The van der Waals surface area contributed by atoms with Crippen molar-refractivity contribution in [3.63, 3.8) is 0 Å². The van der Waals surface area contributed by atoms with E-state index in [2.05, 4.69) is 15.0 Å². The van der Waals surface area contributed by atoms with Gasteiger partial charge in [-0.25, -0.2) is 15.0 Å². The fraction of sp³-hybridized carbons (Fsp3) is 0.421. The maximum atomic E-state index is 10.5. The summed E-state index contributed by atoms with van der Waals surface area (Å²) in [5, 5.41) is 20.9. The first kappa shape index (κ1) is 18.8. The summed E-state index contributed by atoms with van der Waals surface area (Å²) < 4.78 is 13.2. The molecular formula is C19H23N5O4. The number of hydrogen-bond acceptors (Lipinski definition) is 8. The Labute approximate surface area is 162 Å². The van der Waals surface area contributed by atoms with Gasteiger partial charge in [-0.15, -0.1) is 0 Å². The molecule has 1 fully saturated rings. The normalized spacial score (nSPS) is 24.7. The van der Waals surface area contributed by atoms with Crippen molar-refractivity contribution >= 4 is 17.0 Å². The summed E-state index contributed by atoms with van der Waals surface area (Å²) in [7, 11) is 3.73. The topological polar surface area (TPSA) is 106 Å². The molecule has 1 aliphatic heterocycles. The van der Waals surface area contributed by atoms with Gasteiger partial charge in [0, 0.05) is 14.1 Å². The van der Waals surface area contributed by atoms with Gasteiger partial charge in [-0.2, -0.15) is 0 Å². The molecule has 0 unspecified atom stereocenters. The summed E-state index contributed by atoms with van der Waals surface area (Å²) in [6.45, 7) is 0.565. The highest BCUT2D eigenvalue weighted by Gasteiger charge is 2.44. The Bertz CT molecular complexity index is 932. The standard InChI is InChI=1S/C19H23N5O4/c1-23(2)17-14-18(21-10-20-17)24(11-22-14)19-16(26)15(25)13(28-19)9-27-8-12-6-4-3-5-7-12/h3-7,10-11,13,15-16,19,25-26H,8-9H2,1-2H3/t13-,15+,16+,19+/m1/s1. The molecule has 4 atom stereocenters. The van der Waals surface area contributed by atoms with Crippen LogP contribution in [0.5, 0.6) is 0 Å². The van der Waals surface area contributed by atoms with Crippen LogP contribution < -0.4 is 4.90 Å². The van der Waals surface area contributed by atoms with E-state index in [1.54, 1.807) is 10.9 Å². The van der Waals surface area contributed by atoms with Gasteiger partial charge in [0.1, 0.15) is 24.6 Å². The van der Waals surface area contributed by atoms with Crippen molar-refractivity contribution in [2.75, 3.05) is 25.6 Å². The fourth-order valence-corrected chi connectivity index (χ4v) is 3.32. The second-order valence-electron chi connectivity index (χ2n) is 6.96. The number of aliphatic hydroxyl groups is 2. The minimum absolute atomic E-state index is 0.161. The molecule has 9 nitrogen and oxygen atoms in total. The molecule has 3 aromatic rings. The molecule has 4 rings (SSSR count). The Morgan fingerprint density at radius 3 is 2.64 bits per heavy atom. The van der Waals surface area contributed by atoms with Crippen LogP contribution in [-0.2, 0) is 16.1 Å². The van der Waals surface area contributed by atoms with Gasteiger partial charge in [0.2, 0.25) is 0 Å². The second kappa shape index (κ2) is 7.80. The van der Waals surface area contributed by atoms with E-state index < -0.39 is 24.5 Å². The number of aliphatic hydroxyl groups excluding tert-OH is 2. The third-order valence-electron chi connectivity index (χ3n) is 4.77. The number of benzene rings is 1. The molecule has 3 heterocycles. The first-order valence-corrected chi connectivity index (χ1v) is 9.04. The zero-order valence-corrected chi connectivity index (χ0v) is 15.7. The molecule has 0 saturated carbocycles. The highest BCUT2D eigenvalue weighted by molar-refractivity contribution is 5.83. The minimum atomic E-state index is -1.12. The molecule has 0 aliphatic carbocycles. The van der Waals surface area contributed by atoms with E-state index in [1.165, 1.54) is 6.33 Å². The maximum Gasteiger partial charge on any atom is 0.167 e. The highest BCUT2D eigenvalue weighted by atomic mass is 16.6. The molecule has 28 heavy (non-hydrogen) atoms. The average Bonchev–Trinajstić information content (AvgIpc) is 3.25. The SMILES string of the molecule is CN(C)c1ncnc2c1ncn2[C@H]1O[C@H](COCc2ccccc2)[C@H](O)[C@@H]1O. The molecule has 148 valence electrons. The van der Waals surface area contributed by atoms with Crippen molar-refractivity contribution in [2.45, 2.75) is 31.1 Å². The number of rotatable bonds is 6. The van der Waals surface area contributed by atoms with Crippen molar-refractivity contribution < 1.29 is 19.7 Å². The van der Waals surface area contributed by atoms with Gasteiger partial charge >= 0.3 is 0 Å². The summed E-state index contributed by atoms with van der Waals surface area (Å²) in [6.07, 6.45) is -0.686. The van der Waals surface area contributed by atoms with E-state index in [-0.39, 0.29) is 6.61 Å². The molecule has 2 aromatic heterocycles. The van der Waals surface area contributed by atoms with Gasteiger partial charge in [-0.05, 0) is 5.56 Å². The second-order valence-corrected chi connectivity index (χ2v) is 6.96. The lowest BCUT2D eigenvalue weighted by atomic mass is 10.1. The predicted molar refractivity (Wildman–Crippen MR) is 102 cm³/mol. The van der Waals surface area contributed by atoms with Gasteiger partial charge in [0.15, 0.2) is 23.2 Å². The van der Waals surface area contributed by atoms with Crippen LogP contribution in [0.25, 0.3) is 11.2 Å². The fourth-order valence-electron chi connectivity index (χ4n) is 3.32. The molecule has 1 saturated heterocycles. The van der Waals surface area contributed by atoms with Crippen molar-refractivity contribution in [3.05, 3.63) is 48.5 Å². The quantitative estimate of drug-likeness (QED) is 0.640. The van der Waals surface area contributed by atoms with Crippen molar-refractivity contribution in [2.24, 2.45) is 0 Å². The van der Waals surface area contributed by atoms with Crippen LogP contribution in [0.4, 0.5) is 5.82 Å². The summed E-state index contributed by atoms with van der Waals surface area (Å²) in [5.74, 6) is 0.666. The zero-order valence-electron chi connectivity index (χ0n) is 15.7. The summed E-state index contributed by atoms with van der Waals surface area (Å²) >= 11 is 0. The lowest BCUT2D eigenvalue weighted by Gasteiger charge is -2.17. The largest absolute Gasteiger partial charge is 0.387 e. The lowest BCUT2D eigenvalue weighted by molar-refractivity contribution is -0.0682. The number of ether oxygens (including phenoxy) is 2. The van der Waals surface area contributed by atoms with Crippen LogP contribution in [0.2, 0.25) is 0 Å². The van der Waals surface area contributed by atoms with E-state index in [0.717, 1.165) is 5.56 Å². The Balaban J connectivity index is 1.49. The third kappa shape index (κ3) is 3.45. The molecule has 2 N–H and O–H groups in total. The summed E-state index contributed by atoms with van der Waals surface area (Å²) in [6, 6.07) is 9.74.